The lowest BCUT2D eigenvalue weighted by molar-refractivity contribution is 0.0871. The van der Waals surface area contributed by atoms with Gasteiger partial charge in [0.05, 0.1) is 25.0 Å². The van der Waals surface area contributed by atoms with Crippen molar-refractivity contribution in [2.45, 2.75) is 20.4 Å². The first-order valence-electron chi connectivity index (χ1n) is 8.42. The van der Waals surface area contributed by atoms with Gasteiger partial charge in [-0.15, -0.1) is 0 Å². The van der Waals surface area contributed by atoms with Crippen LogP contribution in [0.2, 0.25) is 0 Å². The summed E-state index contributed by atoms with van der Waals surface area (Å²) in [5.41, 5.74) is 3.67. The zero-order valence-electron chi connectivity index (χ0n) is 15.4. The van der Waals surface area contributed by atoms with E-state index in [1.807, 2.05) is 62.4 Å². The first kappa shape index (κ1) is 19.3. The summed E-state index contributed by atoms with van der Waals surface area (Å²) in [6, 6.07) is 15.5. The number of aromatic nitrogens is 1. The summed E-state index contributed by atoms with van der Waals surface area (Å²) < 4.78 is 6.77. The number of carbonyl (C=O) groups excluding carboxylic acids is 1. The fourth-order valence-corrected chi connectivity index (χ4v) is 3.90. The van der Waals surface area contributed by atoms with E-state index in [1.165, 1.54) is 15.6 Å². The molecule has 0 atom stereocenters. The molecule has 0 aliphatic carbocycles. The van der Waals surface area contributed by atoms with Crippen LogP contribution in [0.25, 0.3) is 0 Å². The predicted octanol–water partition coefficient (Wildman–Crippen LogP) is 5.00. The van der Waals surface area contributed by atoms with E-state index in [4.69, 9.17) is 4.74 Å². The minimum atomic E-state index is -0.162. The minimum absolute atomic E-state index is 0.162. The first-order chi connectivity index (χ1) is 13.0. The van der Waals surface area contributed by atoms with Crippen LogP contribution in [0, 0.1) is 13.8 Å². The van der Waals surface area contributed by atoms with Crippen molar-refractivity contribution in [1.82, 2.24) is 9.29 Å². The Labute approximate surface area is 168 Å². The van der Waals surface area contributed by atoms with E-state index in [1.54, 1.807) is 7.11 Å². The van der Waals surface area contributed by atoms with E-state index in [-0.39, 0.29) is 5.91 Å². The van der Waals surface area contributed by atoms with Crippen LogP contribution in [-0.2, 0) is 6.54 Å². The molecule has 0 unspecified atom stereocenters. The molecular formula is C20H21N3O2S2. The van der Waals surface area contributed by atoms with Crippen LogP contribution in [0.5, 0.6) is 5.75 Å². The summed E-state index contributed by atoms with van der Waals surface area (Å²) in [4.78, 5) is 17.9. The number of ether oxygens (including phenoxy) is 1. The number of hydrogen-bond acceptors (Lipinski definition) is 6. The predicted molar refractivity (Wildman–Crippen MR) is 113 cm³/mol. The number of para-hydroxylation sites is 2. The number of rotatable bonds is 6. The van der Waals surface area contributed by atoms with Crippen LogP contribution < -0.4 is 10.1 Å². The molecule has 0 spiro atoms. The van der Waals surface area contributed by atoms with Crippen LogP contribution in [0.1, 0.15) is 26.5 Å². The summed E-state index contributed by atoms with van der Waals surface area (Å²) in [5, 5.41) is 3.86. The molecule has 27 heavy (non-hydrogen) atoms. The quantitative estimate of drug-likeness (QED) is 0.573. The lowest BCUT2D eigenvalue weighted by Gasteiger charge is -2.16. The largest absolute Gasteiger partial charge is 0.495 e. The highest BCUT2D eigenvalue weighted by atomic mass is 32.1. The Morgan fingerprint density at radius 1 is 1.19 bits per heavy atom. The van der Waals surface area contributed by atoms with E-state index in [2.05, 4.69) is 23.1 Å². The summed E-state index contributed by atoms with van der Waals surface area (Å²) in [6.07, 6.45) is 0. The number of benzene rings is 2. The van der Waals surface area contributed by atoms with E-state index in [0.717, 1.165) is 16.8 Å². The SMILES string of the molecule is COc1ccccc1Nc1nc(C)c(C(=O)N(S)Cc2ccccc2C)s1. The van der Waals surface area contributed by atoms with Crippen LogP contribution in [0.3, 0.4) is 0 Å². The van der Waals surface area contributed by atoms with Crippen molar-refractivity contribution >= 4 is 40.9 Å². The molecule has 140 valence electrons. The lowest BCUT2D eigenvalue weighted by Crippen LogP contribution is -2.21. The number of thiazole rings is 1. The average molecular weight is 400 g/mol. The number of nitrogens with zero attached hydrogens (tertiary/aromatic N) is 2. The molecule has 2 aromatic carbocycles. The van der Waals surface area contributed by atoms with Crippen LogP contribution in [-0.4, -0.2) is 22.3 Å². The number of thiol groups is 1. The van der Waals surface area contributed by atoms with Gasteiger partial charge in [0.15, 0.2) is 5.13 Å². The van der Waals surface area contributed by atoms with Crippen molar-refractivity contribution in [3.8, 4) is 5.75 Å². The van der Waals surface area contributed by atoms with Gasteiger partial charge in [-0.25, -0.2) is 4.98 Å². The first-order valence-corrected chi connectivity index (χ1v) is 9.64. The second-order valence-corrected chi connectivity index (χ2v) is 7.53. The maximum absolute atomic E-state index is 12.8. The summed E-state index contributed by atoms with van der Waals surface area (Å²) in [6.45, 7) is 4.28. The third-order valence-electron chi connectivity index (χ3n) is 4.16. The third-order valence-corrected chi connectivity index (χ3v) is 5.54. The van der Waals surface area contributed by atoms with Crippen molar-refractivity contribution in [2.75, 3.05) is 12.4 Å². The van der Waals surface area contributed by atoms with Gasteiger partial charge in [-0.05, 0) is 37.1 Å². The topological polar surface area (TPSA) is 54.5 Å². The molecule has 3 aromatic rings. The van der Waals surface area contributed by atoms with Gasteiger partial charge in [0.2, 0.25) is 0 Å². The minimum Gasteiger partial charge on any atom is -0.495 e. The normalized spacial score (nSPS) is 10.5. The summed E-state index contributed by atoms with van der Waals surface area (Å²) in [5.74, 6) is 0.554. The molecule has 0 aliphatic heterocycles. The molecule has 1 heterocycles. The van der Waals surface area contributed by atoms with E-state index in [9.17, 15) is 4.79 Å². The Morgan fingerprint density at radius 2 is 1.89 bits per heavy atom. The number of aryl methyl sites for hydroxylation is 2. The Bertz CT molecular complexity index is 956. The average Bonchev–Trinajstić information content (AvgIpc) is 3.03. The van der Waals surface area contributed by atoms with Gasteiger partial charge in [-0.1, -0.05) is 60.5 Å². The third kappa shape index (κ3) is 4.43. The van der Waals surface area contributed by atoms with Crippen molar-refractivity contribution in [3.05, 3.63) is 70.2 Å². The maximum Gasteiger partial charge on any atom is 0.275 e. The Balaban J connectivity index is 1.77. The molecule has 3 rings (SSSR count). The van der Waals surface area contributed by atoms with E-state index in [0.29, 0.717) is 28.0 Å². The standard InChI is InChI=1S/C20H21N3O2S2/c1-13-8-4-5-9-15(13)12-23(26)19(24)18-14(2)21-20(27-18)22-16-10-6-7-11-17(16)25-3/h4-11,26H,12H2,1-3H3,(H,21,22). The Hall–Kier alpha value is -2.51. The van der Waals surface area contributed by atoms with Gasteiger partial charge < -0.3 is 10.1 Å². The number of hydrogen-bond donors (Lipinski definition) is 2. The molecule has 0 saturated carbocycles. The second kappa shape index (κ2) is 8.45. The van der Waals surface area contributed by atoms with Gasteiger partial charge >= 0.3 is 0 Å². The van der Waals surface area contributed by atoms with Crippen LogP contribution >= 0.6 is 24.2 Å². The fraction of sp³-hybridized carbons (Fsp3) is 0.200. The molecule has 1 N–H and O–H groups in total. The highest BCUT2D eigenvalue weighted by Crippen LogP contribution is 2.31. The lowest BCUT2D eigenvalue weighted by atomic mass is 10.1. The van der Waals surface area contributed by atoms with Gasteiger partial charge in [-0.3, -0.25) is 9.10 Å². The summed E-state index contributed by atoms with van der Waals surface area (Å²) >= 11 is 5.71. The maximum atomic E-state index is 12.8. The highest BCUT2D eigenvalue weighted by molar-refractivity contribution is 7.78. The highest BCUT2D eigenvalue weighted by Gasteiger charge is 2.21. The van der Waals surface area contributed by atoms with E-state index >= 15 is 0 Å². The van der Waals surface area contributed by atoms with Crippen LogP contribution in [0.15, 0.2) is 48.5 Å². The molecular weight excluding hydrogens is 378 g/mol. The molecule has 7 heteroatoms. The smallest absolute Gasteiger partial charge is 0.275 e. The fourth-order valence-electron chi connectivity index (χ4n) is 2.65. The van der Waals surface area contributed by atoms with E-state index < -0.39 is 0 Å². The Morgan fingerprint density at radius 3 is 2.63 bits per heavy atom. The van der Waals surface area contributed by atoms with Gasteiger partial charge in [0, 0.05) is 0 Å². The molecule has 5 nitrogen and oxygen atoms in total. The molecule has 1 aromatic heterocycles. The van der Waals surface area contributed by atoms with Gasteiger partial charge in [-0.2, -0.15) is 0 Å². The number of nitrogens with one attached hydrogen (secondary N) is 1. The monoisotopic (exact) mass is 399 g/mol. The summed E-state index contributed by atoms with van der Waals surface area (Å²) in [7, 11) is 1.62. The zero-order chi connectivity index (χ0) is 19.4. The molecule has 0 fully saturated rings. The molecule has 0 radical (unpaired) electrons. The number of amides is 1. The van der Waals surface area contributed by atoms with Crippen LogP contribution in [0.4, 0.5) is 10.8 Å². The van der Waals surface area contributed by atoms with Crippen molar-refractivity contribution < 1.29 is 9.53 Å². The molecule has 0 aliphatic rings. The van der Waals surface area contributed by atoms with Crippen molar-refractivity contribution in [2.24, 2.45) is 0 Å². The zero-order valence-corrected chi connectivity index (χ0v) is 17.1. The van der Waals surface area contributed by atoms with Crippen molar-refractivity contribution in [3.63, 3.8) is 0 Å². The Kier molecular flexibility index (Phi) is 6.03. The molecule has 0 saturated heterocycles. The molecule has 0 bridgehead atoms. The number of carbonyl (C=O) groups is 1. The second-order valence-electron chi connectivity index (χ2n) is 6.05. The van der Waals surface area contributed by atoms with Crippen molar-refractivity contribution in [1.29, 1.82) is 0 Å². The number of methoxy groups -OCH3 is 1. The van der Waals surface area contributed by atoms with Gasteiger partial charge in [0.1, 0.15) is 10.6 Å². The molecule has 1 amide bonds. The number of anilines is 2. The van der Waals surface area contributed by atoms with Gasteiger partial charge in [0.25, 0.3) is 5.91 Å².